The molecule has 2 aromatic carbocycles. The second-order valence-electron chi connectivity index (χ2n) is 4.51. The van der Waals surface area contributed by atoms with Gasteiger partial charge in [0.2, 0.25) is 10.0 Å². The second kappa shape index (κ2) is 4.79. The molecule has 0 saturated heterocycles. The summed E-state index contributed by atoms with van der Waals surface area (Å²) < 4.78 is 26.4. The Labute approximate surface area is 113 Å². The van der Waals surface area contributed by atoms with E-state index in [0.29, 0.717) is 11.4 Å². The molecule has 0 aromatic heterocycles. The summed E-state index contributed by atoms with van der Waals surface area (Å²) >= 11 is 0. The summed E-state index contributed by atoms with van der Waals surface area (Å²) in [4.78, 5) is 0.339. The van der Waals surface area contributed by atoms with Gasteiger partial charge in [-0.1, -0.05) is 42.5 Å². The molecule has 0 saturated carbocycles. The Morgan fingerprint density at radius 3 is 2.37 bits per heavy atom. The lowest BCUT2D eigenvalue weighted by Crippen LogP contribution is -2.34. The van der Waals surface area contributed by atoms with E-state index in [1.54, 1.807) is 30.8 Å². The smallest absolute Gasteiger partial charge is 0.207 e. The molecule has 0 N–H and O–H groups in total. The van der Waals surface area contributed by atoms with Gasteiger partial charge >= 0.3 is 0 Å². The number of fused-ring (bicyclic) bond motifs is 1. The molecule has 0 atom stereocenters. The third kappa shape index (κ3) is 2.29. The Morgan fingerprint density at radius 2 is 1.58 bits per heavy atom. The van der Waals surface area contributed by atoms with Crippen LogP contribution in [0.2, 0.25) is 0 Å². The van der Waals surface area contributed by atoms with E-state index in [1.807, 2.05) is 30.3 Å². The average molecular weight is 272 g/mol. The molecule has 0 bridgehead atoms. The molecule has 1 heterocycles. The molecular weight excluding hydrogens is 258 g/mol. The maximum atomic E-state index is 12.5. The molecular formula is C15H14NO2S. The van der Waals surface area contributed by atoms with Crippen molar-refractivity contribution in [2.75, 3.05) is 6.54 Å². The predicted octanol–water partition coefficient (Wildman–Crippen LogP) is 2.44. The summed E-state index contributed by atoms with van der Waals surface area (Å²) in [5.74, 6) is 0. The number of rotatable bonds is 2. The highest BCUT2D eigenvalue weighted by atomic mass is 32.2. The fraction of sp³-hybridized carbons (Fsp3) is 0.133. The largest absolute Gasteiger partial charge is 0.243 e. The van der Waals surface area contributed by atoms with Crippen LogP contribution in [0.1, 0.15) is 11.1 Å². The summed E-state index contributed by atoms with van der Waals surface area (Å²) in [5.41, 5.74) is 2.18. The highest BCUT2D eigenvalue weighted by Crippen LogP contribution is 2.25. The Morgan fingerprint density at radius 1 is 0.895 bits per heavy atom. The number of hydrogen-bond donors (Lipinski definition) is 0. The van der Waals surface area contributed by atoms with Crippen LogP contribution in [-0.2, 0) is 16.4 Å². The molecule has 0 unspecified atom stereocenters. The monoisotopic (exact) mass is 272 g/mol. The number of hydrogen-bond acceptors (Lipinski definition) is 2. The zero-order valence-corrected chi connectivity index (χ0v) is 11.2. The van der Waals surface area contributed by atoms with Gasteiger partial charge in [0.05, 0.1) is 11.4 Å². The van der Waals surface area contributed by atoms with Gasteiger partial charge in [0.25, 0.3) is 0 Å². The van der Waals surface area contributed by atoms with Crippen molar-refractivity contribution >= 4 is 10.0 Å². The first-order chi connectivity index (χ1) is 9.18. The molecule has 0 spiro atoms. The van der Waals surface area contributed by atoms with Gasteiger partial charge < -0.3 is 0 Å². The van der Waals surface area contributed by atoms with Crippen molar-refractivity contribution in [1.29, 1.82) is 0 Å². The van der Waals surface area contributed by atoms with Gasteiger partial charge in [-0.15, -0.1) is 0 Å². The van der Waals surface area contributed by atoms with Gasteiger partial charge in [0.15, 0.2) is 0 Å². The first-order valence-electron chi connectivity index (χ1n) is 6.17. The summed E-state index contributed by atoms with van der Waals surface area (Å²) in [6.07, 6.45) is 0.749. The van der Waals surface area contributed by atoms with Crippen molar-refractivity contribution in [3.63, 3.8) is 0 Å². The molecule has 2 aromatic rings. The van der Waals surface area contributed by atoms with Crippen LogP contribution < -0.4 is 0 Å². The van der Waals surface area contributed by atoms with Gasteiger partial charge in [-0.3, -0.25) is 0 Å². The van der Waals surface area contributed by atoms with E-state index < -0.39 is 10.0 Å². The summed E-state index contributed by atoms with van der Waals surface area (Å²) in [5, 5.41) is 0. The zero-order chi connectivity index (χ0) is 13.3. The van der Waals surface area contributed by atoms with Crippen LogP contribution in [0.15, 0.2) is 59.5 Å². The second-order valence-corrected chi connectivity index (χ2v) is 6.40. The van der Waals surface area contributed by atoms with Crippen molar-refractivity contribution in [3.8, 4) is 0 Å². The van der Waals surface area contributed by atoms with E-state index >= 15 is 0 Å². The molecule has 1 radical (unpaired) electrons. The molecule has 3 nitrogen and oxygen atoms in total. The van der Waals surface area contributed by atoms with Crippen LogP contribution in [0.4, 0.5) is 0 Å². The topological polar surface area (TPSA) is 37.4 Å². The Balaban J connectivity index is 1.93. The SMILES string of the molecule is O=S(=O)(c1ccccc1)N1[CH]c2ccccc2CC1. The highest BCUT2D eigenvalue weighted by molar-refractivity contribution is 7.89. The standard InChI is InChI=1S/C15H14NO2S/c17-19(18,15-8-2-1-3-9-15)16-11-10-13-6-4-5-7-14(13)12-16/h1-9,12H,10-11H2. The molecule has 1 aliphatic rings. The maximum Gasteiger partial charge on any atom is 0.243 e. The van der Waals surface area contributed by atoms with Gasteiger partial charge in [-0.25, -0.2) is 8.42 Å². The van der Waals surface area contributed by atoms with Crippen LogP contribution >= 0.6 is 0 Å². The molecule has 19 heavy (non-hydrogen) atoms. The van der Waals surface area contributed by atoms with Crippen LogP contribution in [0.5, 0.6) is 0 Å². The normalized spacial score (nSPS) is 16.0. The fourth-order valence-electron chi connectivity index (χ4n) is 2.26. The van der Waals surface area contributed by atoms with Crippen molar-refractivity contribution in [2.24, 2.45) is 0 Å². The number of nitrogens with zero attached hydrogens (tertiary/aromatic N) is 1. The predicted molar refractivity (Wildman–Crippen MR) is 73.9 cm³/mol. The van der Waals surface area contributed by atoms with Gasteiger partial charge in [0, 0.05) is 6.54 Å². The molecule has 1 aliphatic heterocycles. The molecule has 97 valence electrons. The Bertz CT molecular complexity index is 680. The maximum absolute atomic E-state index is 12.5. The lowest BCUT2D eigenvalue weighted by Gasteiger charge is -2.27. The minimum Gasteiger partial charge on any atom is -0.207 e. The minimum absolute atomic E-state index is 0.339. The summed E-state index contributed by atoms with van der Waals surface area (Å²) in [7, 11) is -3.43. The van der Waals surface area contributed by atoms with Gasteiger partial charge in [-0.2, -0.15) is 4.31 Å². The fourth-order valence-corrected chi connectivity index (χ4v) is 3.61. The molecule has 3 rings (SSSR count). The lowest BCUT2D eigenvalue weighted by atomic mass is 10.0. The van der Waals surface area contributed by atoms with E-state index in [4.69, 9.17) is 0 Å². The first-order valence-corrected chi connectivity index (χ1v) is 7.61. The van der Waals surface area contributed by atoms with E-state index in [-0.39, 0.29) is 0 Å². The summed E-state index contributed by atoms with van der Waals surface area (Å²) in [6, 6.07) is 16.4. The Kier molecular flexibility index (Phi) is 3.12. The van der Waals surface area contributed by atoms with Gasteiger partial charge in [0.1, 0.15) is 0 Å². The van der Waals surface area contributed by atoms with Crippen LogP contribution in [0.25, 0.3) is 0 Å². The van der Waals surface area contributed by atoms with Crippen molar-refractivity contribution in [3.05, 3.63) is 72.3 Å². The van der Waals surface area contributed by atoms with E-state index in [0.717, 1.165) is 12.0 Å². The number of benzene rings is 2. The van der Waals surface area contributed by atoms with E-state index in [2.05, 4.69) is 0 Å². The highest BCUT2D eigenvalue weighted by Gasteiger charge is 2.28. The summed E-state index contributed by atoms with van der Waals surface area (Å²) in [6.45, 7) is 2.22. The van der Waals surface area contributed by atoms with E-state index in [1.165, 1.54) is 9.87 Å². The minimum atomic E-state index is -3.43. The van der Waals surface area contributed by atoms with Crippen molar-refractivity contribution in [1.82, 2.24) is 4.31 Å². The van der Waals surface area contributed by atoms with Crippen LogP contribution in [0, 0.1) is 6.54 Å². The van der Waals surface area contributed by atoms with Crippen LogP contribution in [0.3, 0.4) is 0 Å². The van der Waals surface area contributed by atoms with E-state index in [9.17, 15) is 8.42 Å². The quantitative estimate of drug-likeness (QED) is 0.842. The van der Waals surface area contributed by atoms with Crippen LogP contribution in [-0.4, -0.2) is 19.3 Å². The average Bonchev–Trinajstić information content (AvgIpc) is 2.47. The molecule has 0 aliphatic carbocycles. The van der Waals surface area contributed by atoms with Crippen molar-refractivity contribution < 1.29 is 8.42 Å². The molecule has 4 heteroatoms. The third-order valence-electron chi connectivity index (χ3n) is 3.29. The zero-order valence-electron chi connectivity index (χ0n) is 10.4. The Hall–Kier alpha value is -1.65. The lowest BCUT2D eigenvalue weighted by molar-refractivity contribution is 0.466. The van der Waals surface area contributed by atoms with Gasteiger partial charge in [-0.05, 0) is 29.7 Å². The molecule has 0 amide bonds. The van der Waals surface area contributed by atoms with Crippen molar-refractivity contribution in [2.45, 2.75) is 11.3 Å². The first kappa shape index (κ1) is 12.4. The third-order valence-corrected chi connectivity index (χ3v) is 5.06. The number of sulfonamides is 1. The molecule has 0 fully saturated rings.